The summed E-state index contributed by atoms with van der Waals surface area (Å²) in [6, 6.07) is 0. The number of aliphatic hydroxyl groups is 4. The third-order valence-corrected chi connectivity index (χ3v) is 17.7. The second-order valence-corrected chi connectivity index (χ2v) is 19.9. The number of hydrogen-bond acceptors (Lipinski definition) is 12. The molecule has 0 aromatic rings. The number of rotatable bonds is 0. The zero-order chi connectivity index (χ0) is 37.1. The third kappa shape index (κ3) is 5.40. The van der Waals surface area contributed by atoms with Crippen LogP contribution in [0.4, 0.5) is 0 Å². The maximum atomic E-state index is 10.1. The predicted octanol–water partition coefficient (Wildman–Crippen LogP) is 1.34. The zero-order valence-corrected chi connectivity index (χ0v) is 32.0. The summed E-state index contributed by atoms with van der Waals surface area (Å²) in [4.78, 5) is 0. The second-order valence-electron chi connectivity index (χ2n) is 19.9. The van der Waals surface area contributed by atoms with Crippen molar-refractivity contribution in [3.05, 3.63) is 48.6 Å². The van der Waals surface area contributed by atoms with Gasteiger partial charge in [-0.05, 0) is 96.7 Å². The fourth-order valence-electron chi connectivity index (χ4n) is 15.6. The summed E-state index contributed by atoms with van der Waals surface area (Å²) in [5.74, 6) is 8.49. The SMILES string of the molecule is O.O[C@@H]1[C@@H]2OC[C@@H](O2)[C@@H]2[C@H]1[C@@H]1C=C[C@H]2C1.O[C@@H]1[C@@H]2OC[C@@H](O2)[C@@H]2[C@H]1[C@@H]1C=C[C@H]2C1.O[C@@H]1[C@@H]2OC[C@@H](O2)[C@@H]2[C@H]1[C@@H]1C=C[C@H]2C1.O[C@@H]1[C@@H]2OC[C@@H](O2)[C@@H]2[C@H]1[C@@H]1C=C[C@H]2C1. The summed E-state index contributed by atoms with van der Waals surface area (Å²) < 4.78 is 44.5. The van der Waals surface area contributed by atoms with Crippen LogP contribution in [-0.4, -0.2) is 126 Å². The van der Waals surface area contributed by atoms with E-state index in [9.17, 15) is 20.4 Å². The lowest BCUT2D eigenvalue weighted by Crippen LogP contribution is -2.48. The lowest BCUT2D eigenvalue weighted by Gasteiger charge is -2.39. The van der Waals surface area contributed by atoms with Crippen LogP contribution < -0.4 is 0 Å². The van der Waals surface area contributed by atoms with Gasteiger partial charge in [0.05, 0.1) is 50.8 Å². The summed E-state index contributed by atoms with van der Waals surface area (Å²) >= 11 is 0. The Balaban J connectivity index is 0.0000000827. The van der Waals surface area contributed by atoms with Crippen molar-refractivity contribution in [3.63, 3.8) is 0 Å². The molecule has 13 nitrogen and oxygen atoms in total. The van der Waals surface area contributed by atoms with Crippen LogP contribution in [-0.2, 0) is 37.9 Å². The molecule has 12 fully saturated rings. The lowest BCUT2D eigenvalue weighted by molar-refractivity contribution is -0.195. The minimum Gasteiger partial charge on any atom is -0.412 e. The van der Waals surface area contributed by atoms with Crippen molar-refractivity contribution in [1.82, 2.24) is 0 Å². The van der Waals surface area contributed by atoms with Crippen molar-refractivity contribution in [2.24, 2.45) is 94.7 Å². The van der Waals surface area contributed by atoms with Crippen LogP contribution in [0.5, 0.6) is 0 Å². The van der Waals surface area contributed by atoms with Crippen LogP contribution in [0.25, 0.3) is 0 Å². The number of aliphatic hydroxyl groups excluding tert-OH is 4. The van der Waals surface area contributed by atoms with Gasteiger partial charge in [0, 0.05) is 23.7 Å². The molecule has 16 rings (SSSR count). The highest BCUT2D eigenvalue weighted by Gasteiger charge is 2.62. The highest BCUT2D eigenvalue weighted by molar-refractivity contribution is 5.21. The highest BCUT2D eigenvalue weighted by atomic mass is 16.8. The van der Waals surface area contributed by atoms with Crippen LogP contribution >= 0.6 is 0 Å². The van der Waals surface area contributed by atoms with E-state index in [0.717, 1.165) is 0 Å². The predicted molar refractivity (Wildman–Crippen MR) is 197 cm³/mol. The molecule has 57 heavy (non-hydrogen) atoms. The van der Waals surface area contributed by atoms with E-state index in [4.69, 9.17) is 37.9 Å². The van der Waals surface area contributed by atoms with Crippen LogP contribution in [0.1, 0.15) is 25.7 Å². The van der Waals surface area contributed by atoms with Crippen LogP contribution in [0.15, 0.2) is 48.6 Å². The van der Waals surface area contributed by atoms with Crippen molar-refractivity contribution < 1.29 is 63.8 Å². The van der Waals surface area contributed by atoms with Crippen LogP contribution in [0.2, 0.25) is 0 Å². The van der Waals surface area contributed by atoms with Crippen molar-refractivity contribution in [2.75, 3.05) is 26.4 Å². The molecule has 0 spiro atoms. The molecule has 8 aliphatic carbocycles. The van der Waals surface area contributed by atoms with E-state index in [-0.39, 0.29) is 55.1 Å². The Kier molecular flexibility index (Phi) is 8.96. The van der Waals surface area contributed by atoms with Crippen molar-refractivity contribution in [1.29, 1.82) is 0 Å². The van der Waals surface area contributed by atoms with Crippen LogP contribution in [0, 0.1) is 94.7 Å². The smallest absolute Gasteiger partial charge is 0.184 e. The van der Waals surface area contributed by atoms with Gasteiger partial charge in [0.2, 0.25) is 0 Å². The number of ether oxygens (including phenoxy) is 8. The maximum absolute atomic E-state index is 10.1. The van der Waals surface area contributed by atoms with Crippen molar-refractivity contribution >= 4 is 0 Å². The Bertz CT molecular complexity index is 1400. The minimum atomic E-state index is -0.404. The van der Waals surface area contributed by atoms with E-state index in [1.54, 1.807) is 0 Å². The first-order chi connectivity index (χ1) is 27.4. The highest BCUT2D eigenvalue weighted by Crippen LogP contribution is 2.59. The van der Waals surface area contributed by atoms with Gasteiger partial charge in [0.1, 0.15) is 24.4 Å². The van der Waals surface area contributed by atoms with E-state index >= 15 is 0 Å². The van der Waals surface area contributed by atoms with Gasteiger partial charge in [-0.3, -0.25) is 0 Å². The largest absolute Gasteiger partial charge is 0.412 e. The molecule has 0 unspecified atom stereocenters. The summed E-state index contributed by atoms with van der Waals surface area (Å²) in [6.07, 6.45) is 21.2. The fraction of sp³-hybridized carbons (Fsp3) is 0.818. The maximum Gasteiger partial charge on any atom is 0.184 e. The van der Waals surface area contributed by atoms with Crippen LogP contribution in [0.3, 0.4) is 0 Å². The van der Waals surface area contributed by atoms with E-state index in [1.165, 1.54) is 25.7 Å². The number of allylic oxidation sites excluding steroid dienone is 8. The molecule has 0 amide bonds. The van der Waals surface area contributed by atoms with Gasteiger partial charge < -0.3 is 63.8 Å². The van der Waals surface area contributed by atoms with Gasteiger partial charge in [-0.15, -0.1) is 0 Å². The molecule has 0 radical (unpaired) electrons. The molecule has 8 heterocycles. The molecule has 0 aromatic heterocycles. The summed E-state index contributed by atoms with van der Waals surface area (Å²) in [7, 11) is 0. The average molecular weight is 795 g/mol. The van der Waals surface area contributed by atoms with Gasteiger partial charge in [-0.1, -0.05) is 48.6 Å². The van der Waals surface area contributed by atoms with Gasteiger partial charge in [-0.25, -0.2) is 0 Å². The Morgan fingerprint density at radius 3 is 0.702 bits per heavy atom. The molecular weight excluding hydrogens is 736 g/mol. The first-order valence-corrected chi connectivity index (χ1v) is 21.9. The topological polar surface area (TPSA) is 186 Å². The van der Waals surface area contributed by atoms with E-state index in [2.05, 4.69) is 48.6 Å². The van der Waals surface area contributed by atoms with E-state index in [0.29, 0.717) is 121 Å². The number of fused-ring (bicyclic) bond motifs is 32. The molecule has 16 aliphatic rings. The average Bonchev–Trinajstić information content (AvgIpc) is 4.06. The lowest BCUT2D eigenvalue weighted by atomic mass is 9.75. The summed E-state index contributed by atoms with van der Waals surface area (Å²) in [5, 5.41) is 40.4. The Morgan fingerprint density at radius 1 is 0.298 bits per heavy atom. The Labute approximate surface area is 332 Å². The van der Waals surface area contributed by atoms with E-state index in [1.807, 2.05) is 0 Å². The Hall–Kier alpha value is -1.56. The molecular formula is C44H58O13. The minimum absolute atomic E-state index is 0. The molecule has 8 saturated heterocycles. The van der Waals surface area contributed by atoms with Gasteiger partial charge in [0.25, 0.3) is 0 Å². The molecule has 13 heteroatoms. The number of hydrogen-bond donors (Lipinski definition) is 4. The molecule has 0 aromatic carbocycles. The monoisotopic (exact) mass is 794 g/mol. The normalized spacial score (nSPS) is 62.2. The third-order valence-electron chi connectivity index (χ3n) is 17.7. The standard InChI is InChI=1S/4C11H14O3.H2O/c4*12-10-9-6-2-1-5(3-6)8(9)7-4-13-11(10)14-7;/h4*1-2,5-12H,3-4H2;1H2/t4*5-,6+,7+,8+,9+,10-,11+;/m0000./s1. The van der Waals surface area contributed by atoms with Crippen molar-refractivity contribution in [2.45, 2.75) is 99.7 Å². The van der Waals surface area contributed by atoms with Gasteiger partial charge >= 0.3 is 0 Å². The van der Waals surface area contributed by atoms with E-state index < -0.39 is 24.4 Å². The molecule has 16 bridgehead atoms. The first-order valence-electron chi connectivity index (χ1n) is 21.9. The summed E-state index contributed by atoms with van der Waals surface area (Å²) in [6.45, 7) is 2.72. The molecule has 6 N–H and O–H groups in total. The fourth-order valence-corrected chi connectivity index (χ4v) is 15.6. The van der Waals surface area contributed by atoms with Gasteiger partial charge in [-0.2, -0.15) is 0 Å². The zero-order valence-electron chi connectivity index (χ0n) is 32.0. The molecule has 28 atom stereocenters. The second kappa shape index (κ2) is 13.7. The Morgan fingerprint density at radius 2 is 0.491 bits per heavy atom. The summed E-state index contributed by atoms with van der Waals surface area (Å²) in [5.41, 5.74) is 0. The molecule has 4 saturated carbocycles. The first kappa shape index (κ1) is 37.2. The van der Waals surface area contributed by atoms with Gasteiger partial charge in [0.15, 0.2) is 25.2 Å². The molecule has 8 aliphatic heterocycles. The molecule has 312 valence electrons. The van der Waals surface area contributed by atoms with Crippen molar-refractivity contribution in [3.8, 4) is 0 Å². The quantitative estimate of drug-likeness (QED) is 0.259.